The van der Waals surface area contributed by atoms with Crippen LogP contribution in [0.15, 0.2) is 77.4 Å². The Labute approximate surface area is 164 Å². The lowest BCUT2D eigenvalue weighted by molar-refractivity contribution is 0.0952. The fourth-order valence-corrected chi connectivity index (χ4v) is 2.74. The number of hydrogen-bond donors (Lipinski definition) is 2. The minimum absolute atomic E-state index is 0.133. The molecule has 0 fully saturated rings. The van der Waals surface area contributed by atoms with Crippen molar-refractivity contribution in [2.24, 2.45) is 0 Å². The highest BCUT2D eigenvalue weighted by Crippen LogP contribution is 2.12. The van der Waals surface area contributed by atoms with E-state index in [1.807, 2.05) is 25.2 Å². The molecule has 0 atom stereocenters. The monoisotopic (exact) mass is 377 g/mol. The van der Waals surface area contributed by atoms with Gasteiger partial charge in [-0.25, -0.2) is 0 Å². The zero-order valence-corrected chi connectivity index (χ0v) is 15.7. The van der Waals surface area contributed by atoms with Crippen molar-refractivity contribution in [3.05, 3.63) is 84.3 Å². The van der Waals surface area contributed by atoms with Gasteiger partial charge < -0.3 is 20.0 Å². The molecule has 1 heterocycles. The molecule has 6 nitrogen and oxygen atoms in total. The Morgan fingerprint density at radius 2 is 1.68 bits per heavy atom. The number of furan rings is 1. The van der Waals surface area contributed by atoms with Gasteiger partial charge in [0.2, 0.25) is 0 Å². The maximum atomic E-state index is 12.3. The van der Waals surface area contributed by atoms with Gasteiger partial charge in [-0.2, -0.15) is 0 Å². The molecule has 0 spiro atoms. The van der Waals surface area contributed by atoms with E-state index < -0.39 is 0 Å². The molecule has 6 heteroatoms. The third-order valence-corrected chi connectivity index (χ3v) is 4.30. The maximum absolute atomic E-state index is 12.3. The lowest BCUT2D eigenvalue weighted by Crippen LogP contribution is -2.28. The Morgan fingerprint density at radius 1 is 0.929 bits per heavy atom. The Morgan fingerprint density at radius 3 is 2.36 bits per heavy atom. The van der Waals surface area contributed by atoms with Crippen LogP contribution in [0.25, 0.3) is 0 Å². The average Bonchev–Trinajstić information content (AvgIpc) is 3.27. The molecule has 0 aliphatic rings. The van der Waals surface area contributed by atoms with Gasteiger partial charge >= 0.3 is 0 Å². The van der Waals surface area contributed by atoms with E-state index in [1.165, 1.54) is 6.26 Å². The summed E-state index contributed by atoms with van der Waals surface area (Å²) in [4.78, 5) is 26.3. The summed E-state index contributed by atoms with van der Waals surface area (Å²) in [6.45, 7) is 1.44. The van der Waals surface area contributed by atoms with Gasteiger partial charge in [0, 0.05) is 37.1 Å². The minimum atomic E-state index is -0.329. The van der Waals surface area contributed by atoms with Gasteiger partial charge in [0.05, 0.1) is 6.26 Å². The highest BCUT2D eigenvalue weighted by atomic mass is 16.3. The second-order valence-corrected chi connectivity index (χ2v) is 6.38. The quantitative estimate of drug-likeness (QED) is 0.586. The minimum Gasteiger partial charge on any atom is -0.459 e. The number of hydrogen-bond acceptors (Lipinski definition) is 4. The van der Waals surface area contributed by atoms with E-state index in [2.05, 4.69) is 27.7 Å². The van der Waals surface area contributed by atoms with Gasteiger partial charge in [-0.05, 0) is 55.0 Å². The Balaban J connectivity index is 1.42. The van der Waals surface area contributed by atoms with E-state index in [1.54, 1.807) is 36.4 Å². The summed E-state index contributed by atoms with van der Waals surface area (Å²) >= 11 is 0. The smallest absolute Gasteiger partial charge is 0.291 e. The molecule has 1 aromatic heterocycles. The molecule has 28 heavy (non-hydrogen) atoms. The molecule has 2 N–H and O–H groups in total. The highest BCUT2D eigenvalue weighted by Gasteiger charge is 2.10. The first kappa shape index (κ1) is 19.2. The predicted octanol–water partition coefficient (Wildman–Crippen LogP) is 3.79. The van der Waals surface area contributed by atoms with E-state index in [0.29, 0.717) is 17.8 Å². The molecule has 0 saturated heterocycles. The van der Waals surface area contributed by atoms with Gasteiger partial charge in [-0.15, -0.1) is 0 Å². The second-order valence-electron chi connectivity index (χ2n) is 6.38. The second kappa shape index (κ2) is 9.41. The number of rotatable bonds is 8. The number of nitrogens with one attached hydrogen (secondary N) is 2. The van der Waals surface area contributed by atoms with Crippen LogP contribution in [0.1, 0.15) is 27.3 Å². The van der Waals surface area contributed by atoms with Crippen LogP contribution in [-0.2, 0) is 0 Å². The van der Waals surface area contributed by atoms with E-state index >= 15 is 0 Å². The van der Waals surface area contributed by atoms with Crippen LogP contribution in [0.4, 0.5) is 11.4 Å². The van der Waals surface area contributed by atoms with Crippen LogP contribution in [0.2, 0.25) is 0 Å². The predicted molar refractivity (Wildman–Crippen MR) is 110 cm³/mol. The van der Waals surface area contributed by atoms with Gasteiger partial charge in [-0.1, -0.05) is 18.2 Å². The first-order valence-electron chi connectivity index (χ1n) is 9.13. The molecule has 144 valence electrons. The molecule has 0 bridgehead atoms. The van der Waals surface area contributed by atoms with Crippen molar-refractivity contribution in [1.82, 2.24) is 5.32 Å². The van der Waals surface area contributed by atoms with Crippen molar-refractivity contribution in [3.8, 4) is 0 Å². The third-order valence-electron chi connectivity index (χ3n) is 4.30. The normalized spacial score (nSPS) is 10.3. The van der Waals surface area contributed by atoms with Crippen molar-refractivity contribution >= 4 is 23.2 Å². The van der Waals surface area contributed by atoms with Gasteiger partial charge in [-0.3, -0.25) is 9.59 Å². The number of anilines is 2. The van der Waals surface area contributed by atoms with E-state index in [-0.39, 0.29) is 17.6 Å². The lowest BCUT2D eigenvalue weighted by Gasteiger charge is -2.19. The summed E-state index contributed by atoms with van der Waals surface area (Å²) in [6, 6.07) is 20.1. The fraction of sp³-hybridized carbons (Fsp3) is 0.182. The summed E-state index contributed by atoms with van der Waals surface area (Å²) in [5.41, 5.74) is 2.30. The zero-order chi connectivity index (χ0) is 19.8. The van der Waals surface area contributed by atoms with Crippen molar-refractivity contribution in [2.45, 2.75) is 6.42 Å². The summed E-state index contributed by atoms with van der Waals surface area (Å²) in [5, 5.41) is 5.64. The van der Waals surface area contributed by atoms with Crippen LogP contribution in [-0.4, -0.2) is 32.0 Å². The van der Waals surface area contributed by atoms with Gasteiger partial charge in [0.15, 0.2) is 5.76 Å². The third kappa shape index (κ3) is 5.23. The van der Waals surface area contributed by atoms with Crippen molar-refractivity contribution < 1.29 is 14.0 Å². The molecule has 0 radical (unpaired) electrons. The van der Waals surface area contributed by atoms with Crippen molar-refractivity contribution in [3.63, 3.8) is 0 Å². The molecule has 2 aromatic carbocycles. The summed E-state index contributed by atoms with van der Waals surface area (Å²) < 4.78 is 5.05. The SMILES string of the molecule is CN(CCCNC(=O)c1ccc(NC(=O)c2ccco2)cc1)c1ccccc1. The highest BCUT2D eigenvalue weighted by molar-refractivity contribution is 6.02. The molecule has 0 unspecified atom stereocenters. The van der Waals surface area contributed by atoms with Crippen molar-refractivity contribution in [2.75, 3.05) is 30.4 Å². The fourth-order valence-electron chi connectivity index (χ4n) is 2.74. The standard InChI is InChI=1S/C22H23N3O3/c1-25(19-7-3-2-4-8-19)15-6-14-23-21(26)17-10-12-18(13-11-17)24-22(27)20-9-5-16-28-20/h2-5,7-13,16H,6,14-15H2,1H3,(H,23,26)(H,24,27). The largest absolute Gasteiger partial charge is 0.459 e. The number of para-hydroxylation sites is 1. The van der Waals surface area contributed by atoms with Gasteiger partial charge in [0.1, 0.15) is 0 Å². The van der Waals surface area contributed by atoms with Crippen LogP contribution in [0.3, 0.4) is 0 Å². The summed E-state index contributed by atoms with van der Waals surface area (Å²) in [7, 11) is 2.03. The molecule has 0 saturated carbocycles. The van der Waals surface area contributed by atoms with Crippen LogP contribution < -0.4 is 15.5 Å². The first-order chi connectivity index (χ1) is 13.6. The Bertz CT molecular complexity index is 891. The van der Waals surface area contributed by atoms with E-state index in [4.69, 9.17) is 4.42 Å². The van der Waals surface area contributed by atoms with Crippen molar-refractivity contribution in [1.29, 1.82) is 0 Å². The van der Waals surface area contributed by atoms with Gasteiger partial charge in [0.25, 0.3) is 11.8 Å². The molecule has 0 aliphatic heterocycles. The number of nitrogens with zero attached hydrogens (tertiary/aromatic N) is 1. The number of amides is 2. The number of benzene rings is 2. The number of carbonyl (C=O) groups is 2. The summed E-state index contributed by atoms with van der Waals surface area (Å²) in [6.07, 6.45) is 2.29. The van der Waals surface area contributed by atoms with E-state index in [9.17, 15) is 9.59 Å². The Hall–Kier alpha value is -3.54. The molecule has 3 aromatic rings. The van der Waals surface area contributed by atoms with Crippen LogP contribution in [0.5, 0.6) is 0 Å². The molecule has 2 amide bonds. The van der Waals surface area contributed by atoms with Crippen LogP contribution >= 0.6 is 0 Å². The van der Waals surface area contributed by atoms with E-state index in [0.717, 1.165) is 18.7 Å². The zero-order valence-electron chi connectivity index (χ0n) is 15.7. The molecular formula is C22H23N3O3. The lowest BCUT2D eigenvalue weighted by atomic mass is 10.2. The molecular weight excluding hydrogens is 354 g/mol. The first-order valence-corrected chi connectivity index (χ1v) is 9.13. The van der Waals surface area contributed by atoms with Crippen LogP contribution in [0, 0.1) is 0 Å². The molecule has 3 rings (SSSR count). The maximum Gasteiger partial charge on any atom is 0.291 e. The average molecular weight is 377 g/mol. The summed E-state index contributed by atoms with van der Waals surface area (Å²) in [5.74, 6) is -0.224. The molecule has 0 aliphatic carbocycles. The Kier molecular flexibility index (Phi) is 6.46. The topological polar surface area (TPSA) is 74.6 Å². The number of carbonyl (C=O) groups excluding carboxylic acids is 2.